The van der Waals surface area contributed by atoms with E-state index in [-0.39, 0.29) is 5.56 Å². The molecule has 0 aliphatic heterocycles. The second-order valence-electron chi connectivity index (χ2n) is 6.22. The minimum atomic E-state index is -4.27. The van der Waals surface area contributed by atoms with Crippen LogP contribution < -0.4 is 5.32 Å². The van der Waals surface area contributed by atoms with Crippen molar-refractivity contribution in [2.75, 3.05) is 18.2 Å². The van der Waals surface area contributed by atoms with Gasteiger partial charge < -0.3 is 10.1 Å². The Balaban J connectivity index is 2.23. The van der Waals surface area contributed by atoms with E-state index in [9.17, 15) is 22.8 Å². The molecule has 2 rings (SSSR count). The van der Waals surface area contributed by atoms with Gasteiger partial charge >= 0.3 is 5.97 Å². The maximum atomic E-state index is 12.8. The van der Waals surface area contributed by atoms with Crippen LogP contribution in [-0.2, 0) is 24.2 Å². The molecule has 1 amide bonds. The highest BCUT2D eigenvalue weighted by molar-refractivity contribution is 7.93. The summed E-state index contributed by atoms with van der Waals surface area (Å²) in [7, 11) is -3.17. The molecule has 8 heteroatoms. The predicted molar refractivity (Wildman–Crippen MR) is 105 cm³/mol. The van der Waals surface area contributed by atoms with Gasteiger partial charge in [0, 0.05) is 11.3 Å². The van der Waals surface area contributed by atoms with Crippen LogP contribution in [-0.4, -0.2) is 44.2 Å². The Bertz CT molecular complexity index is 969. The number of methoxy groups -OCH3 is 1. The summed E-state index contributed by atoms with van der Waals surface area (Å²) in [6.07, 6.45) is -0.662. The second-order valence-corrected chi connectivity index (χ2v) is 8.41. The fourth-order valence-corrected chi connectivity index (χ4v) is 4.10. The third-order valence-corrected chi connectivity index (χ3v) is 5.91. The normalized spacial score (nSPS) is 12.1. The minimum absolute atomic E-state index is 0.138. The Hall–Kier alpha value is -3.00. The summed E-state index contributed by atoms with van der Waals surface area (Å²) in [5.74, 6) is -3.33. The van der Waals surface area contributed by atoms with Crippen molar-refractivity contribution in [3.05, 3.63) is 65.7 Å². The number of sulfone groups is 1. The van der Waals surface area contributed by atoms with Crippen LogP contribution in [0.25, 0.3) is 0 Å². The number of amides is 1. The van der Waals surface area contributed by atoms with Gasteiger partial charge in [-0.2, -0.15) is 0 Å². The van der Waals surface area contributed by atoms with Crippen molar-refractivity contribution in [2.45, 2.75) is 18.6 Å². The molecule has 0 heterocycles. The highest BCUT2D eigenvalue weighted by atomic mass is 32.2. The Morgan fingerprint density at radius 2 is 1.71 bits per heavy atom. The van der Waals surface area contributed by atoms with Crippen LogP contribution in [0.4, 0.5) is 5.69 Å². The second kappa shape index (κ2) is 9.27. The number of nitrogens with one attached hydrogen (secondary N) is 1. The van der Waals surface area contributed by atoms with Gasteiger partial charge in [0.05, 0.1) is 13.5 Å². The molecular weight excluding hydrogens is 382 g/mol. The molecule has 148 valence electrons. The highest BCUT2D eigenvalue weighted by Crippen LogP contribution is 2.17. The Morgan fingerprint density at radius 1 is 1.04 bits per heavy atom. The van der Waals surface area contributed by atoms with Crippen LogP contribution >= 0.6 is 0 Å². The van der Waals surface area contributed by atoms with Crippen LogP contribution in [0.2, 0.25) is 0 Å². The Labute approximate surface area is 163 Å². The van der Waals surface area contributed by atoms with Gasteiger partial charge in [0.1, 0.15) is 11.0 Å². The first kappa shape index (κ1) is 21.3. The number of rotatable bonds is 8. The fourth-order valence-electron chi connectivity index (χ4n) is 2.61. The summed E-state index contributed by atoms with van der Waals surface area (Å²) >= 11 is 0. The zero-order valence-electron chi connectivity index (χ0n) is 15.5. The molecular formula is C20H21NO6S. The van der Waals surface area contributed by atoms with E-state index in [1.54, 1.807) is 36.4 Å². The summed E-state index contributed by atoms with van der Waals surface area (Å²) < 4.78 is 30.1. The van der Waals surface area contributed by atoms with Crippen LogP contribution in [0, 0.1) is 6.92 Å². The van der Waals surface area contributed by atoms with E-state index in [1.807, 2.05) is 13.0 Å². The first-order valence-electron chi connectivity index (χ1n) is 8.47. The van der Waals surface area contributed by atoms with E-state index in [0.29, 0.717) is 5.69 Å². The molecule has 1 atom stereocenters. The minimum Gasteiger partial charge on any atom is -0.469 e. The SMILES string of the molecule is COC(=O)CC(C(=O)c1ccccc1)S(=O)(=O)CC(=O)Nc1cccc(C)c1. The zero-order valence-corrected chi connectivity index (χ0v) is 16.4. The number of hydrogen-bond donors (Lipinski definition) is 1. The van der Waals surface area contributed by atoms with E-state index in [4.69, 9.17) is 0 Å². The van der Waals surface area contributed by atoms with Gasteiger partial charge in [-0.05, 0) is 24.6 Å². The summed E-state index contributed by atoms with van der Waals surface area (Å²) in [4.78, 5) is 36.6. The summed E-state index contributed by atoms with van der Waals surface area (Å²) in [6, 6.07) is 14.6. The molecule has 28 heavy (non-hydrogen) atoms. The number of carbonyl (C=O) groups is 3. The third kappa shape index (κ3) is 5.75. The lowest BCUT2D eigenvalue weighted by Crippen LogP contribution is -2.38. The van der Waals surface area contributed by atoms with Crippen LogP contribution in [0.5, 0.6) is 0 Å². The number of anilines is 1. The molecule has 0 aromatic heterocycles. The molecule has 0 bridgehead atoms. The number of aryl methyl sites for hydroxylation is 1. The number of Topliss-reactive ketones (excluding diaryl/α,β-unsaturated/α-hetero) is 1. The summed E-state index contributed by atoms with van der Waals surface area (Å²) in [5, 5.41) is 0.791. The molecule has 0 aliphatic carbocycles. The number of hydrogen-bond acceptors (Lipinski definition) is 6. The molecule has 7 nitrogen and oxygen atoms in total. The van der Waals surface area contributed by atoms with Crippen molar-refractivity contribution in [2.24, 2.45) is 0 Å². The molecule has 0 aliphatic rings. The quantitative estimate of drug-likeness (QED) is 0.535. The lowest BCUT2D eigenvalue weighted by Gasteiger charge is -2.16. The van der Waals surface area contributed by atoms with Gasteiger partial charge in [0.2, 0.25) is 5.91 Å². The number of carbonyl (C=O) groups excluding carboxylic acids is 3. The van der Waals surface area contributed by atoms with Crippen molar-refractivity contribution in [1.82, 2.24) is 0 Å². The number of benzene rings is 2. The van der Waals surface area contributed by atoms with E-state index in [1.165, 1.54) is 12.1 Å². The van der Waals surface area contributed by atoms with Gasteiger partial charge in [-0.1, -0.05) is 42.5 Å². The zero-order chi connectivity index (χ0) is 20.7. The van der Waals surface area contributed by atoms with Crippen molar-refractivity contribution >= 4 is 33.2 Å². The van der Waals surface area contributed by atoms with Gasteiger partial charge in [0.15, 0.2) is 15.6 Å². The smallest absolute Gasteiger partial charge is 0.307 e. The van der Waals surface area contributed by atoms with Gasteiger partial charge in [-0.25, -0.2) is 8.42 Å². The van der Waals surface area contributed by atoms with E-state index >= 15 is 0 Å². The molecule has 0 saturated heterocycles. The average Bonchev–Trinajstić information content (AvgIpc) is 2.65. The topological polar surface area (TPSA) is 107 Å². The van der Waals surface area contributed by atoms with Crippen molar-refractivity contribution in [3.8, 4) is 0 Å². The first-order valence-corrected chi connectivity index (χ1v) is 10.2. The van der Waals surface area contributed by atoms with Gasteiger partial charge in [0.25, 0.3) is 0 Å². The molecule has 2 aromatic rings. The van der Waals surface area contributed by atoms with Crippen LogP contribution in [0.15, 0.2) is 54.6 Å². The summed E-state index contributed by atoms with van der Waals surface area (Å²) in [5.41, 5.74) is 1.47. The van der Waals surface area contributed by atoms with E-state index < -0.39 is 44.9 Å². The molecule has 1 N–H and O–H groups in total. The monoisotopic (exact) mass is 403 g/mol. The predicted octanol–water partition coefficient (Wildman–Crippen LogP) is 2.16. The molecule has 0 spiro atoms. The number of esters is 1. The van der Waals surface area contributed by atoms with Crippen molar-refractivity contribution < 1.29 is 27.5 Å². The number of ether oxygens (including phenoxy) is 1. The van der Waals surface area contributed by atoms with Crippen LogP contribution in [0.3, 0.4) is 0 Å². The highest BCUT2D eigenvalue weighted by Gasteiger charge is 2.37. The van der Waals surface area contributed by atoms with Crippen molar-refractivity contribution in [3.63, 3.8) is 0 Å². The fraction of sp³-hybridized carbons (Fsp3) is 0.250. The van der Waals surface area contributed by atoms with Crippen molar-refractivity contribution in [1.29, 1.82) is 0 Å². The Kier molecular flexibility index (Phi) is 7.06. The average molecular weight is 403 g/mol. The Morgan fingerprint density at radius 3 is 2.32 bits per heavy atom. The van der Waals surface area contributed by atoms with E-state index in [2.05, 4.69) is 10.1 Å². The van der Waals surface area contributed by atoms with Crippen LogP contribution in [0.1, 0.15) is 22.3 Å². The maximum Gasteiger partial charge on any atom is 0.307 e. The largest absolute Gasteiger partial charge is 0.469 e. The molecule has 0 fully saturated rings. The standard InChI is InChI=1S/C20H21NO6S/c1-14-7-6-10-16(11-14)21-18(22)13-28(25,26)17(12-19(23)27-2)20(24)15-8-4-3-5-9-15/h3-11,17H,12-13H2,1-2H3,(H,21,22). The van der Waals surface area contributed by atoms with E-state index in [0.717, 1.165) is 12.7 Å². The third-order valence-electron chi connectivity index (χ3n) is 4.00. The molecule has 1 unspecified atom stereocenters. The lowest BCUT2D eigenvalue weighted by molar-refractivity contribution is -0.140. The maximum absolute atomic E-state index is 12.8. The van der Waals surface area contributed by atoms with Gasteiger partial charge in [-0.15, -0.1) is 0 Å². The summed E-state index contributed by atoms with van der Waals surface area (Å²) in [6.45, 7) is 1.83. The first-order chi connectivity index (χ1) is 13.2. The lowest BCUT2D eigenvalue weighted by atomic mass is 10.1. The number of ketones is 1. The molecule has 2 aromatic carbocycles. The van der Waals surface area contributed by atoms with Gasteiger partial charge in [-0.3, -0.25) is 14.4 Å². The molecule has 0 saturated carbocycles. The molecule has 0 radical (unpaired) electrons.